The Bertz CT molecular complexity index is 946. The van der Waals surface area contributed by atoms with Crippen molar-refractivity contribution in [3.63, 3.8) is 0 Å². The highest BCUT2D eigenvalue weighted by molar-refractivity contribution is 5.58. The van der Waals surface area contributed by atoms with Crippen molar-refractivity contribution >= 4 is 0 Å². The number of ether oxygens (including phenoxy) is 1. The Morgan fingerprint density at radius 3 is 2.60 bits per heavy atom. The van der Waals surface area contributed by atoms with E-state index in [2.05, 4.69) is 41.2 Å². The van der Waals surface area contributed by atoms with Crippen LogP contribution in [0.5, 0.6) is 5.75 Å². The number of H-pyrrole nitrogens is 1. The van der Waals surface area contributed by atoms with Crippen molar-refractivity contribution in [3.8, 4) is 17.2 Å². The molecular weight excluding hydrogens is 322 g/mol. The quantitative estimate of drug-likeness (QED) is 0.780. The summed E-state index contributed by atoms with van der Waals surface area (Å²) in [6.07, 6.45) is 0. The molecule has 3 rings (SSSR count). The zero-order chi connectivity index (χ0) is 18.2. The molecular formula is C17H21N5O3. The van der Waals surface area contributed by atoms with Crippen molar-refractivity contribution in [1.82, 2.24) is 25.0 Å². The van der Waals surface area contributed by atoms with Crippen molar-refractivity contribution < 1.29 is 9.15 Å². The fourth-order valence-electron chi connectivity index (χ4n) is 2.44. The maximum Gasteiger partial charge on any atom is 0.343 e. The fraction of sp³-hybridized carbons (Fsp3) is 0.412. The summed E-state index contributed by atoms with van der Waals surface area (Å²) >= 11 is 0. The van der Waals surface area contributed by atoms with Crippen LogP contribution in [-0.2, 0) is 19.1 Å². The zero-order valence-electron chi connectivity index (χ0n) is 15.0. The molecule has 0 saturated heterocycles. The lowest BCUT2D eigenvalue weighted by Crippen LogP contribution is -2.17. The third-order valence-corrected chi connectivity index (χ3v) is 3.89. The van der Waals surface area contributed by atoms with Crippen molar-refractivity contribution in [2.24, 2.45) is 7.05 Å². The lowest BCUT2D eigenvalue weighted by atomic mass is 9.85. The molecule has 0 radical (unpaired) electrons. The van der Waals surface area contributed by atoms with Gasteiger partial charge in [0.2, 0.25) is 11.8 Å². The Morgan fingerprint density at radius 1 is 1.28 bits per heavy atom. The number of aryl methyl sites for hydroxylation is 1. The molecule has 8 heteroatoms. The molecule has 0 amide bonds. The smallest absolute Gasteiger partial charge is 0.343 e. The Kier molecular flexibility index (Phi) is 4.20. The minimum atomic E-state index is -0.267. The van der Waals surface area contributed by atoms with E-state index in [9.17, 15) is 4.79 Å². The van der Waals surface area contributed by atoms with Gasteiger partial charge in [0.1, 0.15) is 12.4 Å². The van der Waals surface area contributed by atoms with E-state index in [-0.39, 0.29) is 17.7 Å². The summed E-state index contributed by atoms with van der Waals surface area (Å²) in [5, 5.41) is 14.3. The molecule has 2 heterocycles. The predicted molar refractivity (Wildman–Crippen MR) is 91.3 cm³/mol. The first-order valence-electron chi connectivity index (χ1n) is 7.94. The summed E-state index contributed by atoms with van der Waals surface area (Å²) in [6, 6.07) is 5.74. The Balaban J connectivity index is 1.93. The first kappa shape index (κ1) is 16.9. The maximum absolute atomic E-state index is 11.4. The van der Waals surface area contributed by atoms with Crippen LogP contribution in [0.4, 0.5) is 0 Å². The molecule has 0 saturated carbocycles. The summed E-state index contributed by atoms with van der Waals surface area (Å²) in [6.45, 7) is 8.25. The van der Waals surface area contributed by atoms with Crippen LogP contribution in [-0.4, -0.2) is 25.0 Å². The van der Waals surface area contributed by atoms with Gasteiger partial charge in [-0.25, -0.2) is 9.89 Å². The van der Waals surface area contributed by atoms with Gasteiger partial charge in [0.05, 0.1) is 0 Å². The number of aromatic amines is 1. The predicted octanol–water partition coefficient (Wildman–Crippen LogP) is 2.34. The van der Waals surface area contributed by atoms with E-state index in [1.165, 1.54) is 4.57 Å². The minimum absolute atomic E-state index is 0.155. The monoisotopic (exact) mass is 343 g/mol. The van der Waals surface area contributed by atoms with Gasteiger partial charge in [0.15, 0.2) is 5.82 Å². The summed E-state index contributed by atoms with van der Waals surface area (Å²) in [4.78, 5) is 11.4. The molecule has 0 aliphatic carbocycles. The highest BCUT2D eigenvalue weighted by Crippen LogP contribution is 2.35. The molecule has 25 heavy (non-hydrogen) atoms. The van der Waals surface area contributed by atoms with Crippen molar-refractivity contribution in [3.05, 3.63) is 46.0 Å². The van der Waals surface area contributed by atoms with Crippen LogP contribution in [0, 0.1) is 6.92 Å². The van der Waals surface area contributed by atoms with Crippen LogP contribution in [0.2, 0.25) is 0 Å². The molecule has 8 nitrogen and oxygen atoms in total. The third-order valence-electron chi connectivity index (χ3n) is 3.89. The number of benzene rings is 1. The highest BCUT2D eigenvalue weighted by Gasteiger charge is 2.21. The molecule has 0 atom stereocenters. The molecule has 0 aliphatic heterocycles. The summed E-state index contributed by atoms with van der Waals surface area (Å²) in [7, 11) is 1.65. The van der Waals surface area contributed by atoms with Gasteiger partial charge in [-0.15, -0.1) is 10.2 Å². The van der Waals surface area contributed by atoms with E-state index >= 15 is 0 Å². The average molecular weight is 343 g/mol. The zero-order valence-corrected chi connectivity index (χ0v) is 15.0. The van der Waals surface area contributed by atoms with Gasteiger partial charge in [-0.2, -0.15) is 5.10 Å². The number of rotatable bonds is 4. The molecule has 3 aromatic rings. The van der Waals surface area contributed by atoms with Crippen molar-refractivity contribution in [2.45, 2.75) is 39.7 Å². The first-order valence-corrected chi connectivity index (χ1v) is 7.94. The van der Waals surface area contributed by atoms with Gasteiger partial charge in [0.25, 0.3) is 0 Å². The van der Waals surface area contributed by atoms with Crippen LogP contribution < -0.4 is 10.4 Å². The third kappa shape index (κ3) is 3.47. The number of hydrogen-bond acceptors (Lipinski definition) is 6. The molecule has 0 spiro atoms. The van der Waals surface area contributed by atoms with E-state index in [0.717, 1.165) is 16.9 Å². The molecule has 1 aromatic carbocycles. The van der Waals surface area contributed by atoms with Gasteiger partial charge < -0.3 is 9.15 Å². The SMILES string of the molecule is Cc1nnc(-c2ccc(OCc3n[nH]c(=O)n3C)c(C(C)(C)C)c2)o1. The van der Waals surface area contributed by atoms with E-state index < -0.39 is 0 Å². The number of nitrogens with one attached hydrogen (secondary N) is 1. The Labute approximate surface area is 144 Å². The van der Waals surface area contributed by atoms with Crippen LogP contribution in [0.3, 0.4) is 0 Å². The van der Waals surface area contributed by atoms with Crippen LogP contribution in [0.1, 0.15) is 38.0 Å². The molecule has 132 valence electrons. The Hall–Kier alpha value is -2.90. The largest absolute Gasteiger partial charge is 0.485 e. The van der Waals surface area contributed by atoms with Crippen LogP contribution >= 0.6 is 0 Å². The van der Waals surface area contributed by atoms with E-state index in [1.807, 2.05) is 18.2 Å². The van der Waals surface area contributed by atoms with E-state index in [4.69, 9.17) is 9.15 Å². The molecule has 0 unspecified atom stereocenters. The summed E-state index contributed by atoms with van der Waals surface area (Å²) < 4.78 is 12.9. The second kappa shape index (κ2) is 6.19. The lowest BCUT2D eigenvalue weighted by Gasteiger charge is -2.23. The summed E-state index contributed by atoms with van der Waals surface area (Å²) in [5.74, 6) is 2.25. The van der Waals surface area contributed by atoms with E-state index in [0.29, 0.717) is 17.6 Å². The second-order valence-electron chi connectivity index (χ2n) is 6.88. The number of aromatic nitrogens is 5. The van der Waals surface area contributed by atoms with Gasteiger partial charge in [-0.1, -0.05) is 20.8 Å². The average Bonchev–Trinajstić information content (AvgIpc) is 3.12. The number of hydrogen-bond donors (Lipinski definition) is 1. The summed E-state index contributed by atoms with van der Waals surface area (Å²) in [5.41, 5.74) is 1.42. The molecule has 2 aromatic heterocycles. The Morgan fingerprint density at radius 2 is 2.04 bits per heavy atom. The molecule has 0 aliphatic rings. The lowest BCUT2D eigenvalue weighted by molar-refractivity contribution is 0.283. The molecule has 0 fully saturated rings. The minimum Gasteiger partial charge on any atom is -0.485 e. The van der Waals surface area contributed by atoms with Crippen LogP contribution in [0.25, 0.3) is 11.5 Å². The van der Waals surface area contributed by atoms with Gasteiger partial charge >= 0.3 is 5.69 Å². The van der Waals surface area contributed by atoms with Gasteiger partial charge in [0, 0.05) is 25.1 Å². The van der Waals surface area contributed by atoms with Crippen LogP contribution in [0.15, 0.2) is 27.4 Å². The standard InChI is InChI=1S/C17H21N5O3/c1-10-18-20-15(25-10)11-6-7-13(12(8-11)17(2,3)4)24-9-14-19-21-16(23)22(14)5/h6-8H,9H2,1-5H3,(H,21,23). The maximum atomic E-state index is 11.4. The second-order valence-corrected chi connectivity index (χ2v) is 6.88. The van der Waals surface area contributed by atoms with E-state index in [1.54, 1.807) is 14.0 Å². The molecule has 1 N–H and O–H groups in total. The highest BCUT2D eigenvalue weighted by atomic mass is 16.5. The normalized spacial score (nSPS) is 11.7. The van der Waals surface area contributed by atoms with Crippen molar-refractivity contribution in [2.75, 3.05) is 0 Å². The number of nitrogens with zero attached hydrogens (tertiary/aromatic N) is 4. The van der Waals surface area contributed by atoms with Gasteiger partial charge in [-0.05, 0) is 23.6 Å². The fourth-order valence-corrected chi connectivity index (χ4v) is 2.44. The van der Waals surface area contributed by atoms with Gasteiger partial charge in [-0.3, -0.25) is 4.57 Å². The van der Waals surface area contributed by atoms with Crippen molar-refractivity contribution in [1.29, 1.82) is 0 Å². The topological polar surface area (TPSA) is 98.8 Å². The molecule has 0 bridgehead atoms. The first-order chi connectivity index (χ1) is 11.8.